The predicted octanol–water partition coefficient (Wildman–Crippen LogP) is -1.23. The van der Waals surface area contributed by atoms with Gasteiger partial charge in [-0.05, 0) is 0 Å². The first-order chi connectivity index (χ1) is 6.88. The van der Waals surface area contributed by atoms with E-state index in [1.165, 1.54) is 20.3 Å². The van der Waals surface area contributed by atoms with Gasteiger partial charge in [-0.15, -0.1) is 29.7 Å². The summed E-state index contributed by atoms with van der Waals surface area (Å²) in [6, 6.07) is 14.7. The van der Waals surface area contributed by atoms with Crippen LogP contribution in [0.3, 0.4) is 0 Å². The number of carbonyl (C=O) groups excluding carboxylic acids is 2. The molecule has 2 aromatic rings. The molecule has 0 saturated heterocycles. The van der Waals surface area contributed by atoms with E-state index in [4.69, 9.17) is 9.59 Å². The van der Waals surface area contributed by atoms with Gasteiger partial charge in [0.15, 0.2) is 0 Å². The first kappa shape index (κ1) is 13.8. The fraction of sp³-hybridized carbons (Fsp3) is 0. The Bertz CT molecular complexity index is 474. The molecule has 0 aliphatic rings. The number of hydrogen-bond acceptors (Lipinski definition) is 2. The molecule has 0 N–H and O–H groups in total. The van der Waals surface area contributed by atoms with Crippen LogP contribution in [0.5, 0.6) is 0 Å². The van der Waals surface area contributed by atoms with Crippen LogP contribution in [0.25, 0.3) is 10.8 Å². The molecule has 2 aromatic carbocycles. The molecule has 0 heterocycles. The molecule has 2 rings (SSSR count). The molecule has 0 aliphatic heterocycles. The fourth-order valence-corrected chi connectivity index (χ4v) is 1.13. The minimum Gasteiger partial charge on any atom is -1.00 e. The average Bonchev–Trinajstić information content (AvgIpc) is 2.67. The van der Waals surface area contributed by atoms with E-state index in [0.717, 1.165) is 0 Å². The number of halogens is 1. The number of fused-ring (bicyclic) bond motifs is 1. The smallest absolute Gasteiger partial charge is 0.0809 e. The Morgan fingerprint density at radius 2 is 1.73 bits per heavy atom. The van der Waals surface area contributed by atoms with Crippen LogP contribution in [0, 0.1) is 0 Å². The molecule has 80 valence electrons. The SMILES string of the molecule is O=[C]=[Fe]=[C]=O.[Cl-].c1ccc2[cH-]ccc2c1. The minimum atomic E-state index is -0.222. The second-order valence-electron chi connectivity index (χ2n) is 2.39. The first-order valence-electron chi connectivity index (χ1n) is 3.83. The predicted molar refractivity (Wildman–Crippen MR) is 50.9 cm³/mol. The molecule has 0 amide bonds. The van der Waals surface area contributed by atoms with Crippen LogP contribution in [-0.2, 0) is 23.7 Å². The Balaban J connectivity index is 0.000000289. The monoisotopic (exact) mass is 262 g/mol. The van der Waals surface area contributed by atoms with Crippen molar-refractivity contribution in [2.45, 2.75) is 0 Å². The molecule has 4 heteroatoms. The molecule has 0 aromatic heterocycles. The third-order valence-electron chi connectivity index (χ3n) is 1.62. The van der Waals surface area contributed by atoms with Crippen LogP contribution in [0.2, 0.25) is 0 Å². The third-order valence-corrected chi connectivity index (χ3v) is 1.85. The van der Waals surface area contributed by atoms with Gasteiger partial charge >= 0.3 is 33.2 Å². The Kier molecular flexibility index (Phi) is 7.49. The standard InChI is InChI=1S/C9H7.2CO.ClH.Fe/c1-2-5-9-7-3-6-8(9)4-1;2*1-2;;/h1-7H;;;1H;/q-1;;;;/p-1. The van der Waals surface area contributed by atoms with E-state index in [2.05, 4.69) is 42.5 Å². The Morgan fingerprint density at radius 1 is 1.07 bits per heavy atom. The molecule has 0 unspecified atom stereocenters. The van der Waals surface area contributed by atoms with Crippen molar-refractivity contribution in [3.8, 4) is 0 Å². The Hall–Kier alpha value is -1.20. The molecule has 0 radical (unpaired) electrons. The van der Waals surface area contributed by atoms with Gasteiger partial charge in [0.1, 0.15) is 0 Å². The van der Waals surface area contributed by atoms with Gasteiger partial charge in [0.05, 0.1) is 0 Å². The van der Waals surface area contributed by atoms with E-state index in [9.17, 15) is 0 Å². The summed E-state index contributed by atoms with van der Waals surface area (Å²) in [5, 5.41) is 2.66. The normalized spacial score (nSPS) is 7.73. The van der Waals surface area contributed by atoms with Crippen molar-refractivity contribution >= 4 is 20.3 Å². The van der Waals surface area contributed by atoms with Crippen molar-refractivity contribution in [2.75, 3.05) is 0 Å². The van der Waals surface area contributed by atoms with Crippen molar-refractivity contribution in [3.05, 3.63) is 42.5 Å². The minimum absolute atomic E-state index is 0. The zero-order valence-corrected chi connectivity index (χ0v) is 9.45. The van der Waals surface area contributed by atoms with Gasteiger partial charge in [-0.3, -0.25) is 0 Å². The van der Waals surface area contributed by atoms with Gasteiger partial charge in [-0.2, -0.15) is 17.5 Å². The molecule has 15 heavy (non-hydrogen) atoms. The maximum absolute atomic E-state index is 9.02. The summed E-state index contributed by atoms with van der Waals surface area (Å²) in [4.78, 5) is 20.7. The molecule has 0 bridgehead atoms. The first-order valence-corrected chi connectivity index (χ1v) is 4.94. The summed E-state index contributed by atoms with van der Waals surface area (Å²) < 4.78 is 0. The Morgan fingerprint density at radius 3 is 2.27 bits per heavy atom. The summed E-state index contributed by atoms with van der Waals surface area (Å²) >= 11 is -0.222. The number of hydrogen-bond donors (Lipinski definition) is 0. The molecule has 0 saturated carbocycles. The van der Waals surface area contributed by atoms with Gasteiger partial charge in [0.2, 0.25) is 0 Å². The quantitative estimate of drug-likeness (QED) is 0.440. The van der Waals surface area contributed by atoms with Crippen molar-refractivity contribution in [1.82, 2.24) is 0 Å². The maximum Gasteiger partial charge on any atom is -0.0809 e. The topological polar surface area (TPSA) is 34.1 Å². The van der Waals surface area contributed by atoms with Crippen LogP contribution in [0.15, 0.2) is 42.5 Å². The van der Waals surface area contributed by atoms with Crippen molar-refractivity contribution in [1.29, 1.82) is 0 Å². The van der Waals surface area contributed by atoms with E-state index >= 15 is 0 Å². The Labute approximate surface area is 98.9 Å². The van der Waals surface area contributed by atoms with Gasteiger partial charge < -0.3 is 12.4 Å². The largest absolute Gasteiger partial charge is 1.00 e. The van der Waals surface area contributed by atoms with E-state index in [-0.39, 0.29) is 26.5 Å². The van der Waals surface area contributed by atoms with Crippen LogP contribution in [-0.4, -0.2) is 9.57 Å². The van der Waals surface area contributed by atoms with E-state index in [0.29, 0.717) is 0 Å². The molecule has 0 atom stereocenters. The third kappa shape index (κ3) is 4.71. The molecule has 0 spiro atoms. The second kappa shape index (κ2) is 8.14. The van der Waals surface area contributed by atoms with Gasteiger partial charge in [-0.1, -0.05) is 6.07 Å². The summed E-state index contributed by atoms with van der Waals surface area (Å²) in [6.07, 6.45) is 0. The van der Waals surface area contributed by atoms with E-state index in [1.807, 2.05) is 0 Å². The zero-order valence-electron chi connectivity index (χ0n) is 7.59. The number of rotatable bonds is 0. The molecule has 2 nitrogen and oxygen atoms in total. The van der Waals surface area contributed by atoms with Gasteiger partial charge in [0, 0.05) is 0 Å². The fourth-order valence-electron chi connectivity index (χ4n) is 1.08. The van der Waals surface area contributed by atoms with Crippen LogP contribution in [0.1, 0.15) is 0 Å². The van der Waals surface area contributed by atoms with Crippen molar-refractivity contribution in [3.63, 3.8) is 0 Å². The maximum atomic E-state index is 9.02. The summed E-state index contributed by atoms with van der Waals surface area (Å²) in [5.74, 6) is 0. The van der Waals surface area contributed by atoms with E-state index < -0.39 is 0 Å². The molecular formula is C11H7ClFeO2-2. The van der Waals surface area contributed by atoms with Gasteiger partial charge in [0.25, 0.3) is 0 Å². The summed E-state index contributed by atoms with van der Waals surface area (Å²) in [7, 11) is 0. The van der Waals surface area contributed by atoms with Crippen molar-refractivity contribution < 1.29 is 36.1 Å². The van der Waals surface area contributed by atoms with Crippen LogP contribution < -0.4 is 12.4 Å². The van der Waals surface area contributed by atoms with Crippen LogP contribution in [0.4, 0.5) is 0 Å². The summed E-state index contributed by atoms with van der Waals surface area (Å²) in [6.45, 7) is 0. The van der Waals surface area contributed by atoms with Crippen molar-refractivity contribution in [2.24, 2.45) is 0 Å². The summed E-state index contributed by atoms with van der Waals surface area (Å²) in [5.41, 5.74) is 0. The zero-order chi connectivity index (χ0) is 10.2. The molecule has 0 fully saturated rings. The molecule has 0 aliphatic carbocycles. The number of benzene rings is 1. The average molecular weight is 262 g/mol. The molecular weight excluding hydrogens is 255 g/mol. The van der Waals surface area contributed by atoms with Gasteiger partial charge in [-0.25, -0.2) is 0 Å². The van der Waals surface area contributed by atoms with Crippen LogP contribution >= 0.6 is 0 Å². The van der Waals surface area contributed by atoms with E-state index in [1.54, 1.807) is 0 Å². The second-order valence-corrected chi connectivity index (χ2v) is 3.11.